The smallest absolute Gasteiger partial charge is 0.289 e. The highest BCUT2D eigenvalue weighted by molar-refractivity contribution is 5.60. The van der Waals surface area contributed by atoms with Crippen LogP contribution in [0.1, 0.15) is 5.56 Å². The number of alkyl halides is 3. The zero-order chi connectivity index (χ0) is 11.8. The highest BCUT2D eigenvalue weighted by Gasteiger charge is 2.33. The Balaban J connectivity index is 2.61. The van der Waals surface area contributed by atoms with E-state index >= 15 is 0 Å². The SMILES string of the molecule is O=c1[nH]nc(-c2ccccc2C(F)(F)F)[nH]1. The van der Waals surface area contributed by atoms with Gasteiger partial charge in [0.2, 0.25) is 0 Å². The number of aromatic nitrogens is 3. The minimum atomic E-state index is -4.48. The number of H-pyrrole nitrogens is 2. The standard InChI is InChI=1S/C9H6F3N3O/c10-9(11,12)6-4-2-1-3-5(6)7-13-8(16)15-14-7/h1-4H,(H2,13,14,15,16). The maximum atomic E-state index is 12.6. The van der Waals surface area contributed by atoms with Crippen molar-refractivity contribution in [1.29, 1.82) is 0 Å². The molecule has 4 nitrogen and oxygen atoms in total. The summed E-state index contributed by atoms with van der Waals surface area (Å²) < 4.78 is 37.8. The van der Waals surface area contributed by atoms with Gasteiger partial charge in [0.25, 0.3) is 0 Å². The van der Waals surface area contributed by atoms with Gasteiger partial charge in [0, 0.05) is 5.56 Å². The third-order valence-corrected chi connectivity index (χ3v) is 1.99. The lowest BCUT2D eigenvalue weighted by Crippen LogP contribution is -2.07. The van der Waals surface area contributed by atoms with Gasteiger partial charge < -0.3 is 0 Å². The second-order valence-electron chi connectivity index (χ2n) is 3.07. The van der Waals surface area contributed by atoms with Crippen molar-refractivity contribution in [3.05, 3.63) is 40.3 Å². The molecule has 0 saturated heterocycles. The summed E-state index contributed by atoms with van der Waals surface area (Å²) in [5.74, 6) is -0.127. The predicted octanol–water partition coefficient (Wildman–Crippen LogP) is 1.78. The Morgan fingerprint density at radius 3 is 2.44 bits per heavy atom. The number of hydrogen-bond donors (Lipinski definition) is 2. The molecule has 0 amide bonds. The number of nitrogens with zero attached hydrogens (tertiary/aromatic N) is 1. The zero-order valence-electron chi connectivity index (χ0n) is 7.80. The van der Waals surface area contributed by atoms with Crippen molar-refractivity contribution in [1.82, 2.24) is 15.2 Å². The molecule has 1 aromatic heterocycles. The van der Waals surface area contributed by atoms with Crippen LogP contribution in [-0.4, -0.2) is 15.2 Å². The van der Waals surface area contributed by atoms with Crippen LogP contribution < -0.4 is 5.69 Å². The average molecular weight is 229 g/mol. The van der Waals surface area contributed by atoms with Crippen molar-refractivity contribution in [2.75, 3.05) is 0 Å². The van der Waals surface area contributed by atoms with E-state index < -0.39 is 17.4 Å². The van der Waals surface area contributed by atoms with Gasteiger partial charge in [-0.05, 0) is 6.07 Å². The lowest BCUT2D eigenvalue weighted by molar-refractivity contribution is -0.137. The molecule has 2 N–H and O–H groups in total. The van der Waals surface area contributed by atoms with E-state index in [1.54, 1.807) is 0 Å². The molecule has 0 atom stereocenters. The molecule has 2 rings (SSSR count). The van der Waals surface area contributed by atoms with Crippen molar-refractivity contribution in [2.45, 2.75) is 6.18 Å². The fourth-order valence-corrected chi connectivity index (χ4v) is 1.33. The molecule has 2 aromatic rings. The third kappa shape index (κ3) is 1.83. The molecule has 0 bridgehead atoms. The molecule has 0 unspecified atom stereocenters. The van der Waals surface area contributed by atoms with Gasteiger partial charge in [-0.15, -0.1) is 0 Å². The van der Waals surface area contributed by atoms with Gasteiger partial charge in [0.05, 0.1) is 5.56 Å². The van der Waals surface area contributed by atoms with Gasteiger partial charge in [0.1, 0.15) is 0 Å². The number of halogens is 3. The molecule has 0 aliphatic rings. The van der Waals surface area contributed by atoms with Gasteiger partial charge in [-0.2, -0.15) is 18.3 Å². The topological polar surface area (TPSA) is 61.5 Å². The largest absolute Gasteiger partial charge is 0.417 e. The maximum absolute atomic E-state index is 12.6. The van der Waals surface area contributed by atoms with Crippen LogP contribution in [0.3, 0.4) is 0 Å². The fourth-order valence-electron chi connectivity index (χ4n) is 1.33. The van der Waals surface area contributed by atoms with Crippen LogP contribution in [0.5, 0.6) is 0 Å². The molecule has 16 heavy (non-hydrogen) atoms. The third-order valence-electron chi connectivity index (χ3n) is 1.99. The van der Waals surface area contributed by atoms with E-state index in [0.717, 1.165) is 6.07 Å². The Bertz CT molecular complexity index is 555. The number of nitrogens with one attached hydrogen (secondary N) is 2. The minimum Gasteiger partial charge on any atom is -0.289 e. The number of rotatable bonds is 1. The number of hydrogen-bond acceptors (Lipinski definition) is 2. The molecular weight excluding hydrogens is 223 g/mol. The second kappa shape index (κ2) is 3.51. The molecule has 1 heterocycles. The summed E-state index contributed by atoms with van der Waals surface area (Å²) in [6, 6.07) is 4.89. The van der Waals surface area contributed by atoms with Gasteiger partial charge in [-0.1, -0.05) is 18.2 Å². The Labute approximate surface area is 87.1 Å². The van der Waals surface area contributed by atoms with Crippen LogP contribution >= 0.6 is 0 Å². The van der Waals surface area contributed by atoms with Crippen molar-refractivity contribution in [3.8, 4) is 11.4 Å². The summed E-state index contributed by atoms with van der Waals surface area (Å²) in [5.41, 5.74) is -1.64. The molecule has 0 fully saturated rings. The summed E-state index contributed by atoms with van der Waals surface area (Å²) in [6.07, 6.45) is -4.48. The molecule has 84 valence electrons. The summed E-state index contributed by atoms with van der Waals surface area (Å²) in [6.45, 7) is 0. The van der Waals surface area contributed by atoms with Gasteiger partial charge in [0.15, 0.2) is 5.82 Å². The Hall–Kier alpha value is -2.05. The molecule has 0 aliphatic heterocycles. The molecule has 0 spiro atoms. The van der Waals surface area contributed by atoms with Gasteiger partial charge in [-0.3, -0.25) is 4.98 Å². The van der Waals surface area contributed by atoms with Crippen LogP contribution in [0.4, 0.5) is 13.2 Å². The highest BCUT2D eigenvalue weighted by atomic mass is 19.4. The van der Waals surface area contributed by atoms with E-state index in [4.69, 9.17) is 0 Å². The quantitative estimate of drug-likeness (QED) is 0.782. The highest BCUT2D eigenvalue weighted by Crippen LogP contribution is 2.35. The normalized spacial score (nSPS) is 11.7. The van der Waals surface area contributed by atoms with Crippen molar-refractivity contribution < 1.29 is 13.2 Å². The first-order valence-corrected chi connectivity index (χ1v) is 4.30. The minimum absolute atomic E-state index is 0.127. The first-order chi connectivity index (χ1) is 7.48. The van der Waals surface area contributed by atoms with Crippen LogP contribution in [0.15, 0.2) is 29.1 Å². The Morgan fingerprint density at radius 1 is 1.19 bits per heavy atom. The van der Waals surface area contributed by atoms with Crippen LogP contribution in [0.2, 0.25) is 0 Å². The first-order valence-electron chi connectivity index (χ1n) is 4.30. The molecular formula is C9H6F3N3O. The first kappa shape index (κ1) is 10.5. The van der Waals surface area contributed by atoms with Crippen molar-refractivity contribution >= 4 is 0 Å². The number of benzene rings is 1. The summed E-state index contributed by atoms with van der Waals surface area (Å²) in [5, 5.41) is 5.48. The lowest BCUT2D eigenvalue weighted by Gasteiger charge is -2.09. The van der Waals surface area contributed by atoms with Crippen LogP contribution in [0, 0.1) is 0 Å². The lowest BCUT2D eigenvalue weighted by atomic mass is 10.1. The van der Waals surface area contributed by atoms with Gasteiger partial charge >= 0.3 is 11.9 Å². The van der Waals surface area contributed by atoms with E-state index in [0.29, 0.717) is 0 Å². The molecule has 0 radical (unpaired) electrons. The van der Waals surface area contributed by atoms with Crippen LogP contribution in [-0.2, 0) is 6.18 Å². The second-order valence-corrected chi connectivity index (χ2v) is 3.07. The van der Waals surface area contributed by atoms with Crippen molar-refractivity contribution in [3.63, 3.8) is 0 Å². The van der Waals surface area contributed by atoms with E-state index in [-0.39, 0.29) is 11.4 Å². The monoisotopic (exact) mass is 229 g/mol. The molecule has 7 heteroatoms. The van der Waals surface area contributed by atoms with E-state index in [1.165, 1.54) is 18.2 Å². The van der Waals surface area contributed by atoms with E-state index in [1.807, 2.05) is 5.10 Å². The summed E-state index contributed by atoms with van der Waals surface area (Å²) in [7, 11) is 0. The van der Waals surface area contributed by atoms with Gasteiger partial charge in [-0.25, -0.2) is 9.89 Å². The predicted molar refractivity (Wildman–Crippen MR) is 49.6 cm³/mol. The maximum Gasteiger partial charge on any atom is 0.417 e. The van der Waals surface area contributed by atoms with E-state index in [2.05, 4.69) is 10.1 Å². The Kier molecular flexibility index (Phi) is 2.30. The van der Waals surface area contributed by atoms with Crippen LogP contribution in [0.25, 0.3) is 11.4 Å². The summed E-state index contributed by atoms with van der Waals surface area (Å²) >= 11 is 0. The zero-order valence-corrected chi connectivity index (χ0v) is 7.80. The molecule has 0 saturated carbocycles. The molecule has 0 aliphatic carbocycles. The number of aromatic amines is 2. The average Bonchev–Trinajstić information content (AvgIpc) is 2.64. The Morgan fingerprint density at radius 2 is 1.88 bits per heavy atom. The fraction of sp³-hybridized carbons (Fsp3) is 0.111. The summed E-state index contributed by atoms with van der Waals surface area (Å²) in [4.78, 5) is 13.0. The molecule has 1 aromatic carbocycles. The van der Waals surface area contributed by atoms with Crippen molar-refractivity contribution in [2.24, 2.45) is 0 Å². The van der Waals surface area contributed by atoms with E-state index in [9.17, 15) is 18.0 Å².